The van der Waals surface area contributed by atoms with Crippen LogP contribution in [0.1, 0.15) is 30.5 Å². The van der Waals surface area contributed by atoms with Crippen molar-refractivity contribution < 1.29 is 9.18 Å². The highest BCUT2D eigenvalue weighted by atomic mass is 79.9. The van der Waals surface area contributed by atoms with Gasteiger partial charge in [0.05, 0.1) is 0 Å². The normalized spacial score (nSPS) is 11.5. The van der Waals surface area contributed by atoms with Crippen LogP contribution in [-0.4, -0.2) is 17.4 Å². The Kier molecular flexibility index (Phi) is 8.39. The lowest BCUT2D eigenvalue weighted by Crippen LogP contribution is -2.33. The summed E-state index contributed by atoms with van der Waals surface area (Å²) in [7, 11) is 0. The molecule has 0 aliphatic carbocycles. The van der Waals surface area contributed by atoms with Crippen LogP contribution in [0.2, 0.25) is 0 Å². The van der Waals surface area contributed by atoms with Crippen molar-refractivity contribution in [2.45, 2.75) is 25.9 Å². The van der Waals surface area contributed by atoms with Crippen molar-refractivity contribution in [3.8, 4) is 0 Å². The van der Waals surface area contributed by atoms with E-state index in [9.17, 15) is 9.18 Å². The minimum atomic E-state index is -0.356. The molecule has 0 spiro atoms. The van der Waals surface area contributed by atoms with E-state index >= 15 is 0 Å². The second kappa shape index (κ2) is 9.77. The Balaban J connectivity index is 0.00000288. The first kappa shape index (κ1) is 20.6. The number of carbonyl (C=O) groups excluding carboxylic acids is 1. The standard InChI is InChI=1S/C18H20BrFN2O.ClH/c1-2-22(12-14-10-15(19)8-9-16(14)20)18(23)11-17(21)13-6-4-3-5-7-13;/h3-10,17H,2,11-12,21H2,1H3;1H. The van der Waals surface area contributed by atoms with Crippen molar-refractivity contribution in [1.29, 1.82) is 0 Å². The number of hydrogen-bond donors (Lipinski definition) is 1. The van der Waals surface area contributed by atoms with Gasteiger partial charge in [-0.05, 0) is 30.7 Å². The maximum absolute atomic E-state index is 13.9. The zero-order valence-corrected chi connectivity index (χ0v) is 15.8. The second-order valence-electron chi connectivity index (χ2n) is 5.36. The number of nitrogens with zero attached hydrogens (tertiary/aromatic N) is 1. The van der Waals surface area contributed by atoms with E-state index in [4.69, 9.17) is 5.73 Å². The molecule has 3 nitrogen and oxygen atoms in total. The highest BCUT2D eigenvalue weighted by Crippen LogP contribution is 2.19. The number of rotatable bonds is 6. The molecule has 24 heavy (non-hydrogen) atoms. The first-order valence-corrected chi connectivity index (χ1v) is 8.32. The molecule has 0 bridgehead atoms. The summed E-state index contributed by atoms with van der Waals surface area (Å²) in [6.07, 6.45) is 0.202. The van der Waals surface area contributed by atoms with E-state index in [1.165, 1.54) is 6.07 Å². The van der Waals surface area contributed by atoms with Crippen molar-refractivity contribution in [3.05, 3.63) is 69.9 Å². The predicted octanol–water partition coefficient (Wildman–Crippen LogP) is 4.45. The van der Waals surface area contributed by atoms with Gasteiger partial charge in [0.1, 0.15) is 5.82 Å². The molecule has 0 saturated carbocycles. The quantitative estimate of drug-likeness (QED) is 0.757. The lowest BCUT2D eigenvalue weighted by atomic mass is 10.0. The maximum Gasteiger partial charge on any atom is 0.224 e. The Labute approximate surface area is 156 Å². The van der Waals surface area contributed by atoms with Gasteiger partial charge < -0.3 is 10.6 Å². The lowest BCUT2D eigenvalue weighted by molar-refractivity contribution is -0.132. The molecule has 0 aliphatic rings. The molecular formula is C18H21BrClFN2O. The average molecular weight is 416 g/mol. The zero-order valence-electron chi connectivity index (χ0n) is 13.4. The molecule has 0 fully saturated rings. The topological polar surface area (TPSA) is 46.3 Å². The molecule has 0 heterocycles. The van der Waals surface area contributed by atoms with Crippen LogP contribution in [0, 0.1) is 5.82 Å². The van der Waals surface area contributed by atoms with Gasteiger partial charge in [-0.1, -0.05) is 46.3 Å². The highest BCUT2D eigenvalue weighted by Gasteiger charge is 2.18. The monoisotopic (exact) mass is 414 g/mol. The summed E-state index contributed by atoms with van der Waals surface area (Å²) in [5.74, 6) is -0.393. The van der Waals surface area contributed by atoms with E-state index in [2.05, 4.69) is 15.9 Å². The van der Waals surface area contributed by atoms with Crippen LogP contribution < -0.4 is 5.73 Å². The Morgan fingerprint density at radius 2 is 1.92 bits per heavy atom. The Hall–Kier alpha value is -1.43. The van der Waals surface area contributed by atoms with Gasteiger partial charge in [-0.3, -0.25) is 4.79 Å². The summed E-state index contributed by atoms with van der Waals surface area (Å²) in [4.78, 5) is 14.1. The zero-order chi connectivity index (χ0) is 16.8. The predicted molar refractivity (Wildman–Crippen MR) is 100 cm³/mol. The van der Waals surface area contributed by atoms with E-state index < -0.39 is 0 Å². The largest absolute Gasteiger partial charge is 0.338 e. The van der Waals surface area contributed by atoms with Crippen molar-refractivity contribution in [3.63, 3.8) is 0 Å². The second-order valence-corrected chi connectivity index (χ2v) is 6.28. The van der Waals surface area contributed by atoms with Crippen molar-refractivity contribution in [2.24, 2.45) is 5.73 Å². The molecule has 1 amide bonds. The third-order valence-corrected chi connectivity index (χ3v) is 4.22. The number of carbonyl (C=O) groups is 1. The van der Waals surface area contributed by atoms with E-state index in [-0.39, 0.29) is 43.1 Å². The molecule has 6 heteroatoms. The molecule has 2 aromatic carbocycles. The first-order valence-electron chi connectivity index (χ1n) is 7.53. The van der Waals surface area contributed by atoms with Gasteiger partial charge in [0.15, 0.2) is 0 Å². The molecule has 1 atom stereocenters. The van der Waals surface area contributed by atoms with Crippen LogP contribution in [-0.2, 0) is 11.3 Å². The van der Waals surface area contributed by atoms with E-state index in [0.717, 1.165) is 10.0 Å². The third kappa shape index (κ3) is 5.58. The molecular weight excluding hydrogens is 395 g/mol. The summed E-state index contributed by atoms with van der Waals surface area (Å²) in [6, 6.07) is 13.9. The molecule has 0 aliphatic heterocycles. The van der Waals surface area contributed by atoms with Crippen molar-refractivity contribution in [1.82, 2.24) is 4.90 Å². The summed E-state index contributed by atoms with van der Waals surface area (Å²) in [5, 5.41) is 0. The maximum atomic E-state index is 13.9. The Morgan fingerprint density at radius 3 is 2.54 bits per heavy atom. The van der Waals surface area contributed by atoms with Crippen LogP contribution in [0.4, 0.5) is 4.39 Å². The fourth-order valence-electron chi connectivity index (χ4n) is 2.38. The number of benzene rings is 2. The van der Waals surface area contributed by atoms with Gasteiger partial charge in [0.25, 0.3) is 0 Å². The van der Waals surface area contributed by atoms with Crippen LogP contribution in [0.15, 0.2) is 53.0 Å². The SMILES string of the molecule is CCN(Cc1cc(Br)ccc1F)C(=O)CC(N)c1ccccc1.Cl. The van der Waals surface area contributed by atoms with Crippen LogP contribution in [0.3, 0.4) is 0 Å². The Morgan fingerprint density at radius 1 is 1.25 bits per heavy atom. The van der Waals surface area contributed by atoms with Crippen LogP contribution in [0.25, 0.3) is 0 Å². The Bertz CT molecular complexity index is 669. The number of hydrogen-bond acceptors (Lipinski definition) is 2. The van der Waals surface area contributed by atoms with Gasteiger partial charge >= 0.3 is 0 Å². The van der Waals surface area contributed by atoms with E-state index in [1.807, 2.05) is 37.3 Å². The first-order chi connectivity index (χ1) is 11.0. The van der Waals surface area contributed by atoms with Crippen LogP contribution >= 0.6 is 28.3 Å². The number of amides is 1. The van der Waals surface area contributed by atoms with Crippen molar-refractivity contribution in [2.75, 3.05) is 6.54 Å². The third-order valence-electron chi connectivity index (χ3n) is 3.73. The van der Waals surface area contributed by atoms with Gasteiger partial charge in [-0.25, -0.2) is 4.39 Å². The summed E-state index contributed by atoms with van der Waals surface area (Å²) >= 11 is 3.33. The molecule has 1 unspecified atom stereocenters. The average Bonchev–Trinajstić information content (AvgIpc) is 2.56. The minimum absolute atomic E-state index is 0. The molecule has 2 aromatic rings. The fourth-order valence-corrected chi connectivity index (χ4v) is 2.79. The van der Waals surface area contributed by atoms with Gasteiger partial charge in [-0.2, -0.15) is 0 Å². The number of halogens is 3. The summed E-state index contributed by atoms with van der Waals surface area (Å²) in [6.45, 7) is 2.62. The highest BCUT2D eigenvalue weighted by molar-refractivity contribution is 9.10. The van der Waals surface area contributed by atoms with E-state index in [0.29, 0.717) is 12.1 Å². The summed E-state index contributed by atoms with van der Waals surface area (Å²) < 4.78 is 14.7. The summed E-state index contributed by atoms with van der Waals surface area (Å²) in [5.41, 5.74) is 7.52. The molecule has 0 radical (unpaired) electrons. The van der Waals surface area contributed by atoms with E-state index in [1.54, 1.807) is 17.0 Å². The van der Waals surface area contributed by atoms with Gasteiger partial charge in [-0.15, -0.1) is 12.4 Å². The molecule has 2 rings (SSSR count). The molecule has 0 aromatic heterocycles. The minimum Gasteiger partial charge on any atom is -0.338 e. The van der Waals surface area contributed by atoms with Gasteiger partial charge in [0.2, 0.25) is 5.91 Å². The smallest absolute Gasteiger partial charge is 0.224 e. The molecule has 2 N–H and O–H groups in total. The number of nitrogens with two attached hydrogens (primary N) is 1. The molecule has 130 valence electrons. The molecule has 0 saturated heterocycles. The van der Waals surface area contributed by atoms with Crippen LogP contribution in [0.5, 0.6) is 0 Å². The van der Waals surface area contributed by atoms with Crippen molar-refractivity contribution >= 4 is 34.2 Å². The lowest BCUT2D eigenvalue weighted by Gasteiger charge is -2.23. The van der Waals surface area contributed by atoms with Gasteiger partial charge in [0, 0.05) is 35.6 Å². The fraction of sp³-hybridized carbons (Fsp3) is 0.278.